The summed E-state index contributed by atoms with van der Waals surface area (Å²) in [5.74, 6) is 1.76. The fourth-order valence-corrected chi connectivity index (χ4v) is 2.46. The first-order valence-corrected chi connectivity index (χ1v) is 6.66. The lowest BCUT2D eigenvalue weighted by atomic mass is 9.99. The molecule has 1 saturated heterocycles. The van der Waals surface area contributed by atoms with Gasteiger partial charge in [-0.05, 0) is 26.8 Å². The van der Waals surface area contributed by atoms with Gasteiger partial charge in [0.25, 0.3) is 5.56 Å². The summed E-state index contributed by atoms with van der Waals surface area (Å²) in [5.41, 5.74) is 2.61. The van der Waals surface area contributed by atoms with Crippen LogP contribution in [-0.2, 0) is 0 Å². The summed E-state index contributed by atoms with van der Waals surface area (Å²) < 4.78 is 0. The van der Waals surface area contributed by atoms with E-state index in [1.807, 2.05) is 26.8 Å². The molecule has 0 unspecified atom stereocenters. The molecular weight excluding hydrogens is 254 g/mol. The zero-order valence-electron chi connectivity index (χ0n) is 11.8. The molecule has 6 nitrogen and oxygen atoms in total. The maximum Gasteiger partial charge on any atom is 0.251 e. The third-order valence-electron chi connectivity index (χ3n) is 3.41. The Morgan fingerprint density at radius 2 is 1.65 bits per heavy atom. The number of H-pyrrole nitrogens is 1. The zero-order chi connectivity index (χ0) is 14.3. The van der Waals surface area contributed by atoms with Crippen molar-refractivity contribution in [1.29, 1.82) is 0 Å². The second-order valence-corrected chi connectivity index (χ2v) is 5.32. The number of nitrogens with zero attached hydrogens (tertiary/aromatic N) is 4. The van der Waals surface area contributed by atoms with Gasteiger partial charge >= 0.3 is 0 Å². The van der Waals surface area contributed by atoms with Gasteiger partial charge in [-0.15, -0.1) is 0 Å². The molecule has 0 radical (unpaired) electrons. The highest BCUT2D eigenvalue weighted by Gasteiger charge is 2.32. The van der Waals surface area contributed by atoms with Crippen LogP contribution in [-0.4, -0.2) is 33.0 Å². The topological polar surface area (TPSA) is 74.8 Å². The minimum Gasteiger partial charge on any atom is -0.339 e. The Morgan fingerprint density at radius 3 is 2.25 bits per heavy atom. The molecule has 0 spiro atoms. The monoisotopic (exact) mass is 271 g/mol. The van der Waals surface area contributed by atoms with Crippen LogP contribution in [0, 0.1) is 20.8 Å². The van der Waals surface area contributed by atoms with Crippen molar-refractivity contribution in [2.75, 3.05) is 18.0 Å². The molecule has 0 bridgehead atoms. The van der Waals surface area contributed by atoms with Gasteiger partial charge in [-0.1, -0.05) is 0 Å². The van der Waals surface area contributed by atoms with Gasteiger partial charge < -0.3 is 9.88 Å². The second-order valence-electron chi connectivity index (χ2n) is 5.32. The third-order valence-corrected chi connectivity index (χ3v) is 3.41. The molecule has 3 heterocycles. The van der Waals surface area contributed by atoms with E-state index in [1.54, 1.807) is 0 Å². The lowest BCUT2D eigenvalue weighted by Crippen LogP contribution is -2.47. The summed E-state index contributed by atoms with van der Waals surface area (Å²) >= 11 is 0. The molecule has 3 rings (SSSR count). The summed E-state index contributed by atoms with van der Waals surface area (Å²) in [7, 11) is 0. The van der Waals surface area contributed by atoms with E-state index in [0.717, 1.165) is 41.9 Å². The van der Waals surface area contributed by atoms with Crippen molar-refractivity contribution in [2.45, 2.75) is 26.7 Å². The molecule has 20 heavy (non-hydrogen) atoms. The van der Waals surface area contributed by atoms with Crippen molar-refractivity contribution in [3.05, 3.63) is 45.4 Å². The Labute approximate surface area is 116 Å². The van der Waals surface area contributed by atoms with Crippen LogP contribution in [0.5, 0.6) is 0 Å². The summed E-state index contributed by atoms with van der Waals surface area (Å²) in [5, 5.41) is 0. The predicted molar refractivity (Wildman–Crippen MR) is 76.1 cm³/mol. The normalized spacial score (nSPS) is 15.2. The SMILES string of the molecule is Cc1cc(C)nc(N2CC(c3nc(C)cc(=O)[nH]3)C2)n1. The molecule has 2 aromatic heterocycles. The number of aryl methyl sites for hydroxylation is 3. The molecule has 0 aromatic carbocycles. The van der Waals surface area contributed by atoms with Crippen molar-refractivity contribution in [2.24, 2.45) is 0 Å². The predicted octanol–water partition coefficient (Wildman–Crippen LogP) is 1.09. The molecule has 1 aliphatic heterocycles. The highest BCUT2D eigenvalue weighted by molar-refractivity contribution is 5.38. The number of rotatable bonds is 2. The Balaban J connectivity index is 1.76. The third kappa shape index (κ3) is 2.41. The van der Waals surface area contributed by atoms with Gasteiger partial charge in [0, 0.05) is 36.2 Å². The molecule has 1 fully saturated rings. The fourth-order valence-electron chi connectivity index (χ4n) is 2.46. The first-order chi connectivity index (χ1) is 9.51. The van der Waals surface area contributed by atoms with Gasteiger partial charge in [0.05, 0.1) is 5.92 Å². The van der Waals surface area contributed by atoms with Gasteiger partial charge in [-0.25, -0.2) is 15.0 Å². The van der Waals surface area contributed by atoms with Crippen LogP contribution in [0.4, 0.5) is 5.95 Å². The molecule has 104 valence electrons. The highest BCUT2D eigenvalue weighted by Crippen LogP contribution is 2.27. The summed E-state index contributed by atoms with van der Waals surface area (Å²) in [6.45, 7) is 7.34. The van der Waals surface area contributed by atoms with Crippen LogP contribution in [0.15, 0.2) is 16.9 Å². The number of anilines is 1. The van der Waals surface area contributed by atoms with E-state index < -0.39 is 0 Å². The number of hydrogen-bond acceptors (Lipinski definition) is 5. The average molecular weight is 271 g/mol. The second kappa shape index (κ2) is 4.70. The summed E-state index contributed by atoms with van der Waals surface area (Å²) in [4.78, 5) is 29.7. The molecular formula is C14H17N5O. The van der Waals surface area contributed by atoms with Gasteiger partial charge in [-0.3, -0.25) is 4.79 Å². The summed E-state index contributed by atoms with van der Waals surface area (Å²) in [6, 6.07) is 3.47. The number of hydrogen-bond donors (Lipinski definition) is 1. The van der Waals surface area contributed by atoms with Gasteiger partial charge in [-0.2, -0.15) is 0 Å². The Hall–Kier alpha value is -2.24. The van der Waals surface area contributed by atoms with E-state index in [-0.39, 0.29) is 11.5 Å². The van der Waals surface area contributed by atoms with E-state index in [4.69, 9.17) is 0 Å². The quantitative estimate of drug-likeness (QED) is 0.885. The minimum atomic E-state index is -0.0893. The van der Waals surface area contributed by atoms with Crippen LogP contribution in [0.25, 0.3) is 0 Å². The highest BCUT2D eigenvalue weighted by atomic mass is 16.1. The smallest absolute Gasteiger partial charge is 0.251 e. The molecule has 0 atom stereocenters. The lowest BCUT2D eigenvalue weighted by Gasteiger charge is -2.38. The Morgan fingerprint density at radius 1 is 1.05 bits per heavy atom. The Kier molecular flexibility index (Phi) is 3.00. The molecule has 1 N–H and O–H groups in total. The van der Waals surface area contributed by atoms with Crippen molar-refractivity contribution in [3.8, 4) is 0 Å². The summed E-state index contributed by atoms with van der Waals surface area (Å²) in [6.07, 6.45) is 0. The van der Waals surface area contributed by atoms with Crippen molar-refractivity contribution >= 4 is 5.95 Å². The zero-order valence-corrected chi connectivity index (χ0v) is 11.8. The van der Waals surface area contributed by atoms with E-state index in [2.05, 4.69) is 24.8 Å². The van der Waals surface area contributed by atoms with Crippen LogP contribution in [0.1, 0.15) is 28.8 Å². The van der Waals surface area contributed by atoms with Crippen molar-refractivity contribution < 1.29 is 0 Å². The number of nitrogens with one attached hydrogen (secondary N) is 1. The number of aromatic nitrogens is 4. The largest absolute Gasteiger partial charge is 0.339 e. The number of aromatic amines is 1. The van der Waals surface area contributed by atoms with Crippen LogP contribution in [0.3, 0.4) is 0 Å². The molecule has 0 saturated carbocycles. The van der Waals surface area contributed by atoms with Crippen molar-refractivity contribution in [3.63, 3.8) is 0 Å². The van der Waals surface area contributed by atoms with Crippen LogP contribution >= 0.6 is 0 Å². The van der Waals surface area contributed by atoms with E-state index in [0.29, 0.717) is 0 Å². The molecule has 0 amide bonds. The first kappa shape index (κ1) is 12.8. The maximum absolute atomic E-state index is 11.5. The van der Waals surface area contributed by atoms with Crippen LogP contribution < -0.4 is 10.5 Å². The lowest BCUT2D eigenvalue weighted by molar-refractivity contribution is 0.488. The van der Waals surface area contributed by atoms with Crippen LogP contribution in [0.2, 0.25) is 0 Å². The average Bonchev–Trinajstić information content (AvgIpc) is 2.23. The van der Waals surface area contributed by atoms with E-state index >= 15 is 0 Å². The molecule has 1 aliphatic rings. The minimum absolute atomic E-state index is 0.0893. The van der Waals surface area contributed by atoms with Gasteiger partial charge in [0.1, 0.15) is 5.82 Å². The molecule has 6 heteroatoms. The van der Waals surface area contributed by atoms with E-state index in [1.165, 1.54) is 6.07 Å². The molecule has 0 aliphatic carbocycles. The Bertz CT molecular complexity index is 683. The first-order valence-electron chi connectivity index (χ1n) is 6.66. The van der Waals surface area contributed by atoms with E-state index in [9.17, 15) is 4.79 Å². The standard InChI is InChI=1S/C14H17N5O/c1-8-4-9(2)17-14(16-8)19-6-11(7-19)13-15-10(3)5-12(20)18-13/h4-5,11H,6-7H2,1-3H3,(H,15,18,20). The van der Waals surface area contributed by atoms with Gasteiger partial charge in [0.15, 0.2) is 0 Å². The van der Waals surface area contributed by atoms with Gasteiger partial charge in [0.2, 0.25) is 5.95 Å². The van der Waals surface area contributed by atoms with Crippen molar-refractivity contribution in [1.82, 2.24) is 19.9 Å². The maximum atomic E-state index is 11.5. The fraction of sp³-hybridized carbons (Fsp3) is 0.429. The molecule has 2 aromatic rings.